The smallest absolute Gasteiger partial charge is 0.263 e. The van der Waals surface area contributed by atoms with Crippen LogP contribution in [0.25, 0.3) is 0 Å². The number of halogens is 3. The maximum absolute atomic E-state index is 12.6. The van der Waals surface area contributed by atoms with Gasteiger partial charge in [0.05, 0.1) is 0 Å². The quantitative estimate of drug-likeness (QED) is 0.806. The lowest BCUT2D eigenvalue weighted by atomic mass is 10.1. The molecule has 20 heavy (non-hydrogen) atoms. The summed E-state index contributed by atoms with van der Waals surface area (Å²) in [6, 6.07) is 14.1. The Balaban J connectivity index is 2.02. The Kier molecular flexibility index (Phi) is 5.10. The molecule has 2 aromatic carbocycles. The summed E-state index contributed by atoms with van der Waals surface area (Å²) in [6.45, 7) is 2.52. The second-order valence-corrected chi connectivity index (χ2v) is 5.08. The zero-order chi connectivity index (χ0) is 14.5. The Morgan fingerprint density at radius 3 is 2.55 bits per heavy atom. The summed E-state index contributed by atoms with van der Waals surface area (Å²) in [6.07, 6.45) is -2.43. The molecule has 0 unspecified atom stereocenters. The fourth-order valence-electron chi connectivity index (χ4n) is 2.05. The SMILES string of the molecule is C[C@H](NCc1cccc(C(F)F)c1)c1ccccc1Cl. The molecule has 106 valence electrons. The van der Waals surface area contributed by atoms with Gasteiger partial charge in [-0.15, -0.1) is 0 Å². The van der Waals surface area contributed by atoms with Crippen LogP contribution in [0.3, 0.4) is 0 Å². The van der Waals surface area contributed by atoms with Crippen molar-refractivity contribution in [3.63, 3.8) is 0 Å². The molecule has 0 fully saturated rings. The van der Waals surface area contributed by atoms with Crippen LogP contribution >= 0.6 is 11.6 Å². The molecule has 0 aliphatic carbocycles. The Labute approximate surface area is 122 Å². The van der Waals surface area contributed by atoms with E-state index >= 15 is 0 Å². The first kappa shape index (κ1) is 14.9. The monoisotopic (exact) mass is 295 g/mol. The van der Waals surface area contributed by atoms with E-state index in [-0.39, 0.29) is 11.6 Å². The summed E-state index contributed by atoms with van der Waals surface area (Å²) in [7, 11) is 0. The summed E-state index contributed by atoms with van der Waals surface area (Å²) in [4.78, 5) is 0. The van der Waals surface area contributed by atoms with Crippen molar-refractivity contribution in [3.05, 3.63) is 70.2 Å². The lowest BCUT2D eigenvalue weighted by Crippen LogP contribution is -2.18. The van der Waals surface area contributed by atoms with Crippen molar-refractivity contribution >= 4 is 11.6 Å². The Morgan fingerprint density at radius 1 is 1.10 bits per heavy atom. The summed E-state index contributed by atoms with van der Waals surface area (Å²) >= 11 is 6.13. The first-order chi connectivity index (χ1) is 9.58. The molecule has 0 heterocycles. The van der Waals surface area contributed by atoms with Gasteiger partial charge in [-0.05, 0) is 30.2 Å². The fraction of sp³-hybridized carbons (Fsp3) is 0.250. The second kappa shape index (κ2) is 6.82. The van der Waals surface area contributed by atoms with E-state index in [0.29, 0.717) is 11.6 Å². The Morgan fingerprint density at radius 2 is 1.85 bits per heavy atom. The van der Waals surface area contributed by atoms with E-state index < -0.39 is 6.43 Å². The molecule has 0 aliphatic rings. The van der Waals surface area contributed by atoms with Crippen LogP contribution in [0.1, 0.15) is 36.1 Å². The number of rotatable bonds is 5. The molecule has 1 nitrogen and oxygen atoms in total. The average Bonchev–Trinajstić information content (AvgIpc) is 2.45. The normalized spacial score (nSPS) is 12.7. The first-order valence-electron chi connectivity index (χ1n) is 6.42. The van der Waals surface area contributed by atoms with E-state index in [2.05, 4.69) is 5.32 Å². The maximum Gasteiger partial charge on any atom is 0.263 e. The fourth-order valence-corrected chi connectivity index (χ4v) is 2.35. The van der Waals surface area contributed by atoms with E-state index in [9.17, 15) is 8.78 Å². The average molecular weight is 296 g/mol. The Hall–Kier alpha value is -1.45. The van der Waals surface area contributed by atoms with E-state index in [1.54, 1.807) is 6.07 Å². The van der Waals surface area contributed by atoms with Crippen LogP contribution in [0.4, 0.5) is 8.78 Å². The zero-order valence-corrected chi connectivity index (χ0v) is 11.9. The van der Waals surface area contributed by atoms with Crippen LogP contribution in [0.2, 0.25) is 5.02 Å². The van der Waals surface area contributed by atoms with Gasteiger partial charge in [-0.1, -0.05) is 48.0 Å². The number of nitrogens with one attached hydrogen (secondary N) is 1. The van der Waals surface area contributed by atoms with Crippen LogP contribution < -0.4 is 5.32 Å². The van der Waals surface area contributed by atoms with Gasteiger partial charge in [-0.2, -0.15) is 0 Å². The van der Waals surface area contributed by atoms with Gasteiger partial charge in [0.2, 0.25) is 0 Å². The number of hydrogen-bond acceptors (Lipinski definition) is 1. The molecule has 0 saturated heterocycles. The molecular weight excluding hydrogens is 280 g/mol. The molecule has 0 saturated carbocycles. The second-order valence-electron chi connectivity index (χ2n) is 4.67. The van der Waals surface area contributed by atoms with Crippen molar-refractivity contribution in [2.24, 2.45) is 0 Å². The van der Waals surface area contributed by atoms with Gasteiger partial charge < -0.3 is 5.32 Å². The van der Waals surface area contributed by atoms with Crippen LogP contribution in [0, 0.1) is 0 Å². The summed E-state index contributed by atoms with van der Waals surface area (Å²) in [5.74, 6) is 0. The molecule has 2 aromatic rings. The van der Waals surface area contributed by atoms with Crippen molar-refractivity contribution in [3.8, 4) is 0 Å². The van der Waals surface area contributed by atoms with Gasteiger partial charge in [0, 0.05) is 23.2 Å². The standard InChI is InChI=1S/C16H16ClF2N/c1-11(14-7-2-3-8-15(14)17)20-10-12-5-4-6-13(9-12)16(18)19/h2-9,11,16,20H,10H2,1H3/t11-/m0/s1. The summed E-state index contributed by atoms with van der Waals surface area (Å²) in [5, 5.41) is 4.00. The molecule has 0 amide bonds. The van der Waals surface area contributed by atoms with Crippen LogP contribution in [0.15, 0.2) is 48.5 Å². The van der Waals surface area contributed by atoms with E-state index in [4.69, 9.17) is 11.6 Å². The third kappa shape index (κ3) is 3.78. The molecule has 1 N–H and O–H groups in total. The van der Waals surface area contributed by atoms with Gasteiger partial charge in [0.15, 0.2) is 0 Å². The third-order valence-electron chi connectivity index (χ3n) is 3.19. The highest BCUT2D eigenvalue weighted by atomic mass is 35.5. The van der Waals surface area contributed by atoms with E-state index in [0.717, 1.165) is 11.1 Å². The molecule has 2 rings (SSSR count). The first-order valence-corrected chi connectivity index (χ1v) is 6.80. The third-order valence-corrected chi connectivity index (χ3v) is 3.53. The van der Waals surface area contributed by atoms with Crippen LogP contribution in [-0.4, -0.2) is 0 Å². The molecule has 0 aromatic heterocycles. The number of alkyl halides is 2. The molecule has 4 heteroatoms. The van der Waals surface area contributed by atoms with Crippen molar-refractivity contribution in [1.82, 2.24) is 5.32 Å². The van der Waals surface area contributed by atoms with Crippen molar-refractivity contribution in [2.75, 3.05) is 0 Å². The van der Waals surface area contributed by atoms with Gasteiger partial charge in [-0.25, -0.2) is 8.78 Å². The molecular formula is C16H16ClF2N. The molecule has 0 spiro atoms. The molecule has 1 atom stereocenters. The van der Waals surface area contributed by atoms with E-state index in [1.165, 1.54) is 12.1 Å². The van der Waals surface area contributed by atoms with Crippen molar-refractivity contribution < 1.29 is 8.78 Å². The lowest BCUT2D eigenvalue weighted by Gasteiger charge is -2.16. The van der Waals surface area contributed by atoms with Crippen LogP contribution in [-0.2, 0) is 6.54 Å². The number of hydrogen-bond donors (Lipinski definition) is 1. The number of benzene rings is 2. The summed E-state index contributed by atoms with van der Waals surface area (Å²) < 4.78 is 25.3. The van der Waals surface area contributed by atoms with Crippen molar-refractivity contribution in [1.29, 1.82) is 0 Å². The largest absolute Gasteiger partial charge is 0.306 e. The minimum Gasteiger partial charge on any atom is -0.306 e. The maximum atomic E-state index is 12.6. The van der Waals surface area contributed by atoms with Crippen molar-refractivity contribution in [2.45, 2.75) is 25.9 Å². The Bertz CT molecular complexity index is 572. The predicted molar refractivity (Wildman–Crippen MR) is 78.1 cm³/mol. The topological polar surface area (TPSA) is 12.0 Å². The predicted octanol–water partition coefficient (Wildman–Crippen LogP) is 5.13. The molecule has 0 aliphatic heterocycles. The minimum atomic E-state index is -2.43. The van der Waals surface area contributed by atoms with Gasteiger partial charge in [0.1, 0.15) is 0 Å². The zero-order valence-electron chi connectivity index (χ0n) is 11.1. The highest BCUT2D eigenvalue weighted by molar-refractivity contribution is 6.31. The van der Waals surface area contributed by atoms with E-state index in [1.807, 2.05) is 37.3 Å². The summed E-state index contributed by atoms with van der Waals surface area (Å²) in [5.41, 5.74) is 1.88. The minimum absolute atomic E-state index is 0.0506. The lowest BCUT2D eigenvalue weighted by molar-refractivity contribution is 0.151. The van der Waals surface area contributed by atoms with Crippen LogP contribution in [0.5, 0.6) is 0 Å². The highest BCUT2D eigenvalue weighted by Gasteiger charge is 2.10. The van der Waals surface area contributed by atoms with Gasteiger partial charge in [-0.3, -0.25) is 0 Å². The molecule has 0 bridgehead atoms. The highest BCUT2D eigenvalue weighted by Crippen LogP contribution is 2.23. The van der Waals surface area contributed by atoms with Gasteiger partial charge >= 0.3 is 0 Å². The molecule has 0 radical (unpaired) electrons. The van der Waals surface area contributed by atoms with Gasteiger partial charge in [0.25, 0.3) is 6.43 Å².